The van der Waals surface area contributed by atoms with Gasteiger partial charge in [-0.1, -0.05) is 12.1 Å². The zero-order chi connectivity index (χ0) is 16.4. The Kier molecular flexibility index (Phi) is 3.96. The summed E-state index contributed by atoms with van der Waals surface area (Å²) in [6, 6.07) is 6.91. The molecule has 1 aromatic carbocycles. The molecule has 1 saturated heterocycles. The fourth-order valence-corrected chi connectivity index (χ4v) is 2.55. The number of nitrogens with zero attached hydrogens (tertiary/aromatic N) is 2. The number of carbonyl (C=O) groups is 3. The topological polar surface area (TPSA) is 103 Å². The number of benzene rings is 1. The maximum atomic E-state index is 11.5. The number of urea groups is 1. The first kappa shape index (κ1) is 15.0. The van der Waals surface area contributed by atoms with Crippen molar-refractivity contribution in [3.05, 3.63) is 29.8 Å². The lowest BCUT2D eigenvalue weighted by Gasteiger charge is -2.21. The van der Waals surface area contributed by atoms with Crippen LogP contribution < -0.4 is 16.1 Å². The monoisotopic (exact) mass is 315 g/mol. The summed E-state index contributed by atoms with van der Waals surface area (Å²) in [5, 5.41) is 9.85. The van der Waals surface area contributed by atoms with Crippen LogP contribution in [0.25, 0.3) is 0 Å². The standard InChI is InChI=1S/C15H17N5O3/c1-9-14(18-19-15(23)17-9)10-2-4-11(5-3-10)16-8-20-12(21)6-7-13(20)22/h2-5,9,16H,6-8H2,1H3,(H2,17,19,23). The van der Waals surface area contributed by atoms with E-state index in [0.29, 0.717) is 0 Å². The van der Waals surface area contributed by atoms with Gasteiger partial charge >= 0.3 is 6.03 Å². The van der Waals surface area contributed by atoms with Crippen LogP contribution >= 0.6 is 0 Å². The van der Waals surface area contributed by atoms with E-state index in [0.717, 1.165) is 17.0 Å². The Morgan fingerprint density at radius 2 is 1.83 bits per heavy atom. The van der Waals surface area contributed by atoms with Gasteiger partial charge in [0.2, 0.25) is 11.8 Å². The Morgan fingerprint density at radius 3 is 2.43 bits per heavy atom. The number of nitrogens with one attached hydrogen (secondary N) is 3. The van der Waals surface area contributed by atoms with E-state index in [4.69, 9.17) is 0 Å². The zero-order valence-corrected chi connectivity index (χ0v) is 12.6. The third-order valence-electron chi connectivity index (χ3n) is 3.81. The normalized spacial score (nSPS) is 20.9. The molecule has 0 aliphatic carbocycles. The minimum Gasteiger partial charge on any atom is -0.367 e. The van der Waals surface area contributed by atoms with Gasteiger partial charge in [-0.15, -0.1) is 0 Å². The molecule has 120 valence electrons. The molecule has 2 heterocycles. The fraction of sp³-hybridized carbons (Fsp3) is 0.333. The van der Waals surface area contributed by atoms with E-state index in [1.165, 1.54) is 4.90 Å². The molecule has 1 unspecified atom stereocenters. The van der Waals surface area contributed by atoms with Crippen molar-refractivity contribution in [3.63, 3.8) is 0 Å². The van der Waals surface area contributed by atoms with E-state index in [-0.39, 0.29) is 43.4 Å². The number of hydrogen-bond acceptors (Lipinski definition) is 5. The highest BCUT2D eigenvalue weighted by atomic mass is 16.2. The quantitative estimate of drug-likeness (QED) is 0.708. The molecule has 3 N–H and O–H groups in total. The van der Waals surface area contributed by atoms with Crippen molar-refractivity contribution in [1.82, 2.24) is 15.6 Å². The number of hydrogen-bond donors (Lipinski definition) is 3. The summed E-state index contributed by atoms with van der Waals surface area (Å²) >= 11 is 0. The number of hydrazone groups is 1. The second kappa shape index (κ2) is 6.07. The van der Waals surface area contributed by atoms with E-state index >= 15 is 0 Å². The molecule has 3 rings (SSSR count). The lowest BCUT2D eigenvalue weighted by atomic mass is 10.0. The smallest absolute Gasteiger partial charge is 0.335 e. The summed E-state index contributed by atoms with van der Waals surface area (Å²) in [6.07, 6.45) is 0.575. The summed E-state index contributed by atoms with van der Waals surface area (Å²) in [7, 11) is 0. The number of carbonyl (C=O) groups excluding carboxylic acids is 3. The molecule has 1 atom stereocenters. The zero-order valence-electron chi connectivity index (χ0n) is 12.6. The van der Waals surface area contributed by atoms with Crippen LogP contribution in [0.15, 0.2) is 29.4 Å². The third kappa shape index (κ3) is 3.15. The summed E-state index contributed by atoms with van der Waals surface area (Å²) in [6.45, 7) is 2.03. The average Bonchev–Trinajstić information content (AvgIpc) is 2.85. The van der Waals surface area contributed by atoms with Gasteiger partial charge in [0.1, 0.15) is 0 Å². The first-order valence-corrected chi connectivity index (χ1v) is 7.36. The predicted octanol–water partition coefficient (Wildman–Crippen LogP) is 0.610. The molecule has 1 fully saturated rings. The van der Waals surface area contributed by atoms with E-state index in [2.05, 4.69) is 21.2 Å². The van der Waals surface area contributed by atoms with E-state index < -0.39 is 0 Å². The molecule has 0 bridgehead atoms. The molecule has 2 aliphatic rings. The van der Waals surface area contributed by atoms with Crippen molar-refractivity contribution >= 4 is 29.2 Å². The number of likely N-dealkylation sites (tertiary alicyclic amines) is 1. The van der Waals surface area contributed by atoms with Crippen LogP contribution in [0.1, 0.15) is 25.3 Å². The van der Waals surface area contributed by atoms with Gasteiger partial charge in [-0.25, -0.2) is 10.2 Å². The van der Waals surface area contributed by atoms with E-state index in [9.17, 15) is 14.4 Å². The van der Waals surface area contributed by atoms with Gasteiger partial charge in [0.15, 0.2) is 0 Å². The summed E-state index contributed by atoms with van der Waals surface area (Å²) in [4.78, 5) is 35.5. The summed E-state index contributed by atoms with van der Waals surface area (Å²) in [5.41, 5.74) is 4.80. The van der Waals surface area contributed by atoms with Crippen molar-refractivity contribution in [2.45, 2.75) is 25.8 Å². The highest BCUT2D eigenvalue weighted by molar-refractivity contribution is 6.07. The minimum absolute atomic E-state index is 0.147. The molecule has 0 aromatic heterocycles. The SMILES string of the molecule is CC1NC(=O)NN=C1c1ccc(NCN2C(=O)CCC2=O)cc1. The predicted molar refractivity (Wildman–Crippen MR) is 83.7 cm³/mol. The molecule has 23 heavy (non-hydrogen) atoms. The summed E-state index contributed by atoms with van der Waals surface area (Å²) < 4.78 is 0. The van der Waals surface area contributed by atoms with Crippen LogP contribution in [-0.2, 0) is 9.59 Å². The number of amides is 4. The first-order valence-electron chi connectivity index (χ1n) is 7.36. The van der Waals surface area contributed by atoms with Gasteiger partial charge in [0.05, 0.1) is 18.4 Å². The Bertz CT molecular complexity index is 667. The Labute approximate surface area is 132 Å². The van der Waals surface area contributed by atoms with Crippen molar-refractivity contribution in [2.75, 3.05) is 12.0 Å². The Balaban J connectivity index is 1.64. The van der Waals surface area contributed by atoms with Crippen LogP contribution in [0.2, 0.25) is 0 Å². The highest BCUT2D eigenvalue weighted by Gasteiger charge is 2.28. The Morgan fingerprint density at radius 1 is 1.17 bits per heavy atom. The highest BCUT2D eigenvalue weighted by Crippen LogP contribution is 2.15. The molecule has 0 spiro atoms. The number of rotatable bonds is 4. The van der Waals surface area contributed by atoms with Crippen LogP contribution in [0.3, 0.4) is 0 Å². The van der Waals surface area contributed by atoms with Crippen molar-refractivity contribution in [2.24, 2.45) is 5.10 Å². The van der Waals surface area contributed by atoms with Crippen LogP contribution in [0.4, 0.5) is 10.5 Å². The van der Waals surface area contributed by atoms with E-state index in [1.807, 2.05) is 31.2 Å². The maximum Gasteiger partial charge on any atom is 0.335 e. The largest absolute Gasteiger partial charge is 0.367 e. The van der Waals surface area contributed by atoms with Gasteiger partial charge in [-0.3, -0.25) is 14.5 Å². The third-order valence-corrected chi connectivity index (χ3v) is 3.81. The van der Waals surface area contributed by atoms with Crippen LogP contribution in [0.5, 0.6) is 0 Å². The molecular formula is C15H17N5O3. The molecule has 0 saturated carbocycles. The lowest BCUT2D eigenvalue weighted by Crippen LogP contribution is -2.48. The van der Waals surface area contributed by atoms with Gasteiger partial charge in [0, 0.05) is 24.1 Å². The van der Waals surface area contributed by atoms with Gasteiger partial charge in [0.25, 0.3) is 0 Å². The van der Waals surface area contributed by atoms with Crippen molar-refractivity contribution in [3.8, 4) is 0 Å². The van der Waals surface area contributed by atoms with E-state index in [1.54, 1.807) is 0 Å². The first-order chi connectivity index (χ1) is 11.0. The van der Waals surface area contributed by atoms with Crippen molar-refractivity contribution < 1.29 is 14.4 Å². The minimum atomic E-state index is -0.320. The second-order valence-electron chi connectivity index (χ2n) is 5.43. The molecule has 4 amide bonds. The maximum absolute atomic E-state index is 11.5. The summed E-state index contributed by atoms with van der Waals surface area (Å²) in [5.74, 6) is -0.294. The van der Waals surface area contributed by atoms with Crippen molar-refractivity contribution in [1.29, 1.82) is 0 Å². The van der Waals surface area contributed by atoms with Gasteiger partial charge < -0.3 is 10.6 Å². The van der Waals surface area contributed by atoms with Gasteiger partial charge in [-0.05, 0) is 19.1 Å². The second-order valence-corrected chi connectivity index (χ2v) is 5.43. The van der Waals surface area contributed by atoms with Crippen LogP contribution in [-0.4, -0.2) is 41.2 Å². The average molecular weight is 315 g/mol. The molecule has 1 aromatic rings. The molecular weight excluding hydrogens is 298 g/mol. The van der Waals surface area contributed by atoms with Gasteiger partial charge in [-0.2, -0.15) is 5.10 Å². The molecule has 8 nitrogen and oxygen atoms in total. The number of imide groups is 1. The number of anilines is 1. The fourth-order valence-electron chi connectivity index (χ4n) is 2.55. The molecule has 0 radical (unpaired) electrons. The van der Waals surface area contributed by atoms with Crippen LogP contribution in [0, 0.1) is 0 Å². The Hall–Kier alpha value is -2.90. The molecule has 2 aliphatic heterocycles. The lowest BCUT2D eigenvalue weighted by molar-refractivity contribution is -0.137. The molecule has 8 heteroatoms.